The van der Waals surface area contributed by atoms with Gasteiger partial charge in [-0.1, -0.05) is 6.07 Å². The first-order chi connectivity index (χ1) is 9.33. The van der Waals surface area contributed by atoms with Crippen molar-refractivity contribution in [1.82, 2.24) is 19.7 Å². The summed E-state index contributed by atoms with van der Waals surface area (Å²) in [6.07, 6.45) is 4.84. The lowest BCUT2D eigenvalue weighted by Gasteiger charge is -2.09. The van der Waals surface area contributed by atoms with Gasteiger partial charge in [0.25, 0.3) is 0 Å². The van der Waals surface area contributed by atoms with Crippen LogP contribution >= 0.6 is 0 Å². The maximum absolute atomic E-state index is 5.85. The van der Waals surface area contributed by atoms with E-state index in [0.717, 1.165) is 11.4 Å². The fourth-order valence-electron chi connectivity index (χ4n) is 1.73. The second-order valence-corrected chi connectivity index (χ2v) is 3.96. The largest absolute Gasteiger partial charge is 0.396 e. The van der Waals surface area contributed by atoms with Crippen molar-refractivity contribution in [2.75, 3.05) is 11.1 Å². The molecule has 94 valence electrons. The van der Waals surface area contributed by atoms with Gasteiger partial charge in [-0.25, -0.2) is 14.6 Å². The summed E-state index contributed by atoms with van der Waals surface area (Å²) in [5.41, 5.74) is 8.26. The Kier molecular flexibility index (Phi) is 2.82. The van der Waals surface area contributed by atoms with E-state index in [-0.39, 0.29) is 0 Å². The highest BCUT2D eigenvalue weighted by molar-refractivity contribution is 5.69. The lowest BCUT2D eigenvalue weighted by Crippen LogP contribution is -2.00. The average molecular weight is 252 g/mol. The number of nitrogen functional groups attached to an aromatic ring is 1. The summed E-state index contributed by atoms with van der Waals surface area (Å²) in [4.78, 5) is 8.12. The second-order valence-electron chi connectivity index (χ2n) is 3.96. The van der Waals surface area contributed by atoms with Crippen LogP contribution in [0.25, 0.3) is 5.69 Å². The molecule has 0 aliphatic rings. The van der Waals surface area contributed by atoms with Gasteiger partial charge in [-0.2, -0.15) is 5.10 Å². The first-order valence-electron chi connectivity index (χ1n) is 5.75. The van der Waals surface area contributed by atoms with E-state index in [1.54, 1.807) is 29.3 Å². The summed E-state index contributed by atoms with van der Waals surface area (Å²) in [6, 6.07) is 11.4. The number of nitrogens with one attached hydrogen (secondary N) is 1. The van der Waals surface area contributed by atoms with Crippen molar-refractivity contribution in [3.8, 4) is 5.69 Å². The normalized spacial score (nSPS) is 10.3. The molecule has 0 aliphatic heterocycles. The number of pyridine rings is 1. The van der Waals surface area contributed by atoms with Crippen molar-refractivity contribution in [1.29, 1.82) is 0 Å². The summed E-state index contributed by atoms with van der Waals surface area (Å²) >= 11 is 0. The molecule has 6 nitrogen and oxygen atoms in total. The molecule has 0 radical (unpaired) electrons. The standard InChI is InChI=1S/C13H12N6/c14-12-5-2-6-16-13(12)18-10-3-1-4-11(7-10)19-9-15-8-17-19/h1-9H,14H2,(H,16,18). The number of hydrogen-bond acceptors (Lipinski definition) is 5. The van der Waals surface area contributed by atoms with Crippen molar-refractivity contribution >= 4 is 17.2 Å². The molecule has 6 heteroatoms. The fourth-order valence-corrected chi connectivity index (χ4v) is 1.73. The molecule has 3 aromatic rings. The van der Waals surface area contributed by atoms with Crippen LogP contribution < -0.4 is 11.1 Å². The minimum Gasteiger partial charge on any atom is -0.396 e. The third kappa shape index (κ3) is 2.37. The predicted octanol–water partition coefficient (Wildman–Crippen LogP) is 1.99. The maximum Gasteiger partial charge on any atom is 0.153 e. The Labute approximate surface area is 109 Å². The molecule has 0 bridgehead atoms. The number of nitrogens with two attached hydrogens (primary N) is 1. The Bertz CT molecular complexity index is 677. The Morgan fingerprint density at radius 2 is 2.11 bits per heavy atom. The molecule has 3 rings (SSSR count). The van der Waals surface area contributed by atoms with E-state index in [1.807, 2.05) is 24.3 Å². The van der Waals surface area contributed by atoms with Crippen LogP contribution in [0.4, 0.5) is 17.2 Å². The SMILES string of the molecule is Nc1cccnc1Nc1cccc(-n2cncn2)c1. The van der Waals surface area contributed by atoms with Gasteiger partial charge in [-0.15, -0.1) is 0 Å². The molecular weight excluding hydrogens is 240 g/mol. The first-order valence-corrected chi connectivity index (χ1v) is 5.75. The van der Waals surface area contributed by atoms with E-state index in [2.05, 4.69) is 20.4 Å². The van der Waals surface area contributed by atoms with Gasteiger partial charge in [0, 0.05) is 11.9 Å². The molecule has 1 aromatic carbocycles. The lowest BCUT2D eigenvalue weighted by atomic mass is 10.2. The monoisotopic (exact) mass is 252 g/mol. The molecule has 0 saturated carbocycles. The van der Waals surface area contributed by atoms with Crippen molar-refractivity contribution in [2.45, 2.75) is 0 Å². The Morgan fingerprint density at radius 1 is 1.16 bits per heavy atom. The maximum atomic E-state index is 5.85. The summed E-state index contributed by atoms with van der Waals surface area (Å²) < 4.78 is 1.69. The third-order valence-corrected chi connectivity index (χ3v) is 2.63. The lowest BCUT2D eigenvalue weighted by molar-refractivity contribution is 0.879. The Morgan fingerprint density at radius 3 is 2.89 bits per heavy atom. The van der Waals surface area contributed by atoms with E-state index in [9.17, 15) is 0 Å². The third-order valence-electron chi connectivity index (χ3n) is 2.63. The Hall–Kier alpha value is -2.89. The smallest absolute Gasteiger partial charge is 0.153 e. The van der Waals surface area contributed by atoms with Gasteiger partial charge in [0.1, 0.15) is 12.7 Å². The van der Waals surface area contributed by atoms with E-state index < -0.39 is 0 Å². The zero-order valence-electron chi connectivity index (χ0n) is 10.1. The summed E-state index contributed by atoms with van der Waals surface area (Å²) in [5, 5.41) is 7.27. The van der Waals surface area contributed by atoms with Gasteiger partial charge in [-0.05, 0) is 30.3 Å². The fraction of sp³-hybridized carbons (Fsp3) is 0. The highest BCUT2D eigenvalue weighted by Crippen LogP contribution is 2.21. The average Bonchev–Trinajstić information content (AvgIpc) is 2.96. The number of hydrogen-bond donors (Lipinski definition) is 2. The van der Waals surface area contributed by atoms with Crippen molar-refractivity contribution in [3.05, 3.63) is 55.2 Å². The second kappa shape index (κ2) is 4.77. The molecule has 0 unspecified atom stereocenters. The minimum absolute atomic E-state index is 0.605. The van der Waals surface area contributed by atoms with Crippen LogP contribution in [0, 0.1) is 0 Å². The van der Waals surface area contributed by atoms with E-state index in [4.69, 9.17) is 5.73 Å². The molecule has 0 saturated heterocycles. The van der Waals surface area contributed by atoms with E-state index in [0.29, 0.717) is 11.5 Å². The quantitative estimate of drug-likeness (QED) is 0.745. The van der Waals surface area contributed by atoms with Gasteiger partial charge in [0.2, 0.25) is 0 Å². The molecule has 0 spiro atoms. The zero-order valence-corrected chi connectivity index (χ0v) is 10.1. The summed E-state index contributed by atoms with van der Waals surface area (Å²) in [6.45, 7) is 0. The Balaban J connectivity index is 1.90. The molecular formula is C13H12N6. The van der Waals surface area contributed by atoms with Crippen molar-refractivity contribution in [2.24, 2.45) is 0 Å². The number of nitrogens with zero attached hydrogens (tertiary/aromatic N) is 4. The molecule has 0 amide bonds. The van der Waals surface area contributed by atoms with Gasteiger partial charge >= 0.3 is 0 Å². The van der Waals surface area contributed by atoms with Gasteiger partial charge < -0.3 is 11.1 Å². The molecule has 0 aliphatic carbocycles. The van der Waals surface area contributed by atoms with Crippen LogP contribution in [0.3, 0.4) is 0 Å². The number of aromatic nitrogens is 4. The van der Waals surface area contributed by atoms with Crippen LogP contribution in [0.2, 0.25) is 0 Å². The van der Waals surface area contributed by atoms with Crippen LogP contribution in [0.1, 0.15) is 0 Å². The first kappa shape index (κ1) is 11.2. The molecule has 2 aromatic heterocycles. The van der Waals surface area contributed by atoms with Gasteiger partial charge in [0.15, 0.2) is 5.82 Å². The minimum atomic E-state index is 0.605. The molecule has 0 fully saturated rings. The molecule has 3 N–H and O–H groups in total. The van der Waals surface area contributed by atoms with Crippen LogP contribution in [-0.2, 0) is 0 Å². The van der Waals surface area contributed by atoms with Crippen molar-refractivity contribution in [3.63, 3.8) is 0 Å². The summed E-state index contributed by atoms with van der Waals surface area (Å²) in [5.74, 6) is 0.637. The van der Waals surface area contributed by atoms with E-state index in [1.165, 1.54) is 6.33 Å². The molecule has 19 heavy (non-hydrogen) atoms. The highest BCUT2D eigenvalue weighted by Gasteiger charge is 2.02. The van der Waals surface area contributed by atoms with Crippen LogP contribution in [-0.4, -0.2) is 19.7 Å². The van der Waals surface area contributed by atoms with Gasteiger partial charge in [-0.3, -0.25) is 0 Å². The van der Waals surface area contributed by atoms with E-state index >= 15 is 0 Å². The predicted molar refractivity (Wildman–Crippen MR) is 73.3 cm³/mol. The summed E-state index contributed by atoms with van der Waals surface area (Å²) in [7, 11) is 0. The number of benzene rings is 1. The van der Waals surface area contributed by atoms with Crippen LogP contribution in [0.5, 0.6) is 0 Å². The van der Waals surface area contributed by atoms with Crippen molar-refractivity contribution < 1.29 is 0 Å². The highest BCUT2D eigenvalue weighted by atomic mass is 15.3. The van der Waals surface area contributed by atoms with Gasteiger partial charge in [0.05, 0.1) is 11.4 Å². The number of anilines is 3. The van der Waals surface area contributed by atoms with Crippen LogP contribution in [0.15, 0.2) is 55.2 Å². The molecule has 2 heterocycles. The topological polar surface area (TPSA) is 81.6 Å². The number of rotatable bonds is 3. The molecule has 0 atom stereocenters. The zero-order chi connectivity index (χ0) is 13.1.